The molecule has 0 heterocycles. The zero-order valence-electron chi connectivity index (χ0n) is 8.08. The summed E-state index contributed by atoms with van der Waals surface area (Å²) in [5.41, 5.74) is 1.30. The van der Waals surface area contributed by atoms with E-state index in [9.17, 15) is 0 Å². The molecule has 0 unspecified atom stereocenters. The molecule has 2 heteroatoms. The molecule has 0 aromatic heterocycles. The van der Waals surface area contributed by atoms with Crippen molar-refractivity contribution in [3.8, 4) is 0 Å². The second-order valence-electron chi connectivity index (χ2n) is 3.01. The van der Waals surface area contributed by atoms with Crippen molar-refractivity contribution >= 4 is 11.6 Å². The normalized spacial score (nSPS) is 11.0. The van der Waals surface area contributed by atoms with Crippen LogP contribution in [0.15, 0.2) is 36.4 Å². The molecule has 1 radical (unpaired) electrons. The van der Waals surface area contributed by atoms with Gasteiger partial charge in [-0.15, -0.1) is 0 Å². The Morgan fingerprint density at radius 2 is 1.93 bits per heavy atom. The molecule has 0 saturated heterocycles. The highest BCUT2D eigenvalue weighted by Gasteiger charge is 1.90. The first-order valence-corrected chi connectivity index (χ1v) is 4.97. The zero-order chi connectivity index (χ0) is 10.2. The van der Waals surface area contributed by atoms with E-state index in [-0.39, 0.29) is 0 Å². The quantitative estimate of drug-likeness (QED) is 0.673. The molecular formula is C12H14ClO. The van der Waals surface area contributed by atoms with Crippen LogP contribution in [0, 0.1) is 7.11 Å². The van der Waals surface area contributed by atoms with Crippen molar-refractivity contribution in [1.29, 1.82) is 0 Å². The Morgan fingerprint density at radius 3 is 2.57 bits per heavy atom. The topological polar surface area (TPSA) is 9.23 Å². The average Bonchev–Trinajstić information content (AvgIpc) is 2.21. The Bertz CT molecular complexity index is 277. The molecule has 1 nitrogen and oxygen atoms in total. The van der Waals surface area contributed by atoms with Gasteiger partial charge in [0.2, 0.25) is 0 Å². The summed E-state index contributed by atoms with van der Waals surface area (Å²) in [7, 11) is 3.29. The van der Waals surface area contributed by atoms with Gasteiger partial charge in [-0.05, 0) is 30.5 Å². The second-order valence-corrected chi connectivity index (χ2v) is 3.44. The first kappa shape index (κ1) is 11.3. The van der Waals surface area contributed by atoms with Gasteiger partial charge in [-0.2, -0.15) is 0 Å². The molecule has 75 valence electrons. The van der Waals surface area contributed by atoms with Crippen molar-refractivity contribution in [2.24, 2.45) is 0 Å². The van der Waals surface area contributed by atoms with E-state index in [0.29, 0.717) is 6.61 Å². The summed E-state index contributed by atoms with van der Waals surface area (Å²) in [6.45, 7) is 0.584. The third-order valence-corrected chi connectivity index (χ3v) is 2.15. The Hall–Kier alpha value is -0.790. The molecule has 0 amide bonds. The first-order chi connectivity index (χ1) is 6.83. The highest BCUT2D eigenvalue weighted by molar-refractivity contribution is 6.30. The van der Waals surface area contributed by atoms with E-state index in [2.05, 4.69) is 17.9 Å². The minimum Gasteiger partial charge on any atom is -0.375 e. The van der Waals surface area contributed by atoms with Crippen LogP contribution in [0.25, 0.3) is 0 Å². The van der Waals surface area contributed by atoms with Gasteiger partial charge >= 0.3 is 0 Å². The summed E-state index contributed by atoms with van der Waals surface area (Å²) in [6.07, 6.45) is 6.12. The molecule has 0 saturated carbocycles. The van der Waals surface area contributed by atoms with E-state index in [1.165, 1.54) is 5.56 Å². The summed E-state index contributed by atoms with van der Waals surface area (Å²) in [4.78, 5) is 0. The van der Waals surface area contributed by atoms with Crippen molar-refractivity contribution < 1.29 is 4.74 Å². The maximum atomic E-state index is 5.78. The van der Waals surface area contributed by atoms with Gasteiger partial charge in [-0.3, -0.25) is 0 Å². The van der Waals surface area contributed by atoms with E-state index in [1.807, 2.05) is 30.3 Å². The highest BCUT2D eigenvalue weighted by atomic mass is 35.5. The fourth-order valence-corrected chi connectivity index (χ4v) is 1.28. The lowest BCUT2D eigenvalue weighted by Crippen LogP contribution is -1.83. The fourth-order valence-electron chi connectivity index (χ4n) is 1.16. The molecule has 14 heavy (non-hydrogen) atoms. The maximum absolute atomic E-state index is 5.78. The van der Waals surface area contributed by atoms with E-state index in [4.69, 9.17) is 11.6 Å². The lowest BCUT2D eigenvalue weighted by molar-refractivity contribution is 0.281. The Morgan fingerprint density at radius 1 is 1.21 bits per heavy atom. The number of hydrogen-bond acceptors (Lipinski definition) is 1. The molecule has 1 aromatic carbocycles. The minimum atomic E-state index is 0.584. The van der Waals surface area contributed by atoms with Crippen LogP contribution in [-0.2, 0) is 11.2 Å². The molecule has 0 bridgehead atoms. The number of benzene rings is 1. The lowest BCUT2D eigenvalue weighted by Gasteiger charge is -1.97. The van der Waals surface area contributed by atoms with Crippen molar-refractivity contribution in [3.63, 3.8) is 0 Å². The predicted molar refractivity (Wildman–Crippen MR) is 60.2 cm³/mol. The van der Waals surface area contributed by atoms with E-state index in [1.54, 1.807) is 0 Å². The molecule has 0 N–H and O–H groups in total. The van der Waals surface area contributed by atoms with Gasteiger partial charge in [0.25, 0.3) is 0 Å². The van der Waals surface area contributed by atoms with Gasteiger partial charge in [0, 0.05) is 5.02 Å². The lowest BCUT2D eigenvalue weighted by atomic mass is 10.1. The van der Waals surface area contributed by atoms with Gasteiger partial charge in [-0.25, -0.2) is 0 Å². The van der Waals surface area contributed by atoms with E-state index < -0.39 is 0 Å². The largest absolute Gasteiger partial charge is 0.375 e. The van der Waals surface area contributed by atoms with Crippen molar-refractivity contribution in [2.45, 2.75) is 12.8 Å². The molecule has 0 fully saturated rings. The maximum Gasteiger partial charge on any atom is 0.0704 e. The van der Waals surface area contributed by atoms with Gasteiger partial charge < -0.3 is 4.74 Å². The van der Waals surface area contributed by atoms with E-state index in [0.717, 1.165) is 17.9 Å². The van der Waals surface area contributed by atoms with Crippen LogP contribution in [0.2, 0.25) is 5.02 Å². The Balaban J connectivity index is 2.28. The van der Waals surface area contributed by atoms with Gasteiger partial charge in [0.05, 0.1) is 13.7 Å². The zero-order valence-corrected chi connectivity index (χ0v) is 8.83. The summed E-state index contributed by atoms with van der Waals surface area (Å²) < 4.78 is 4.66. The predicted octanol–water partition coefficient (Wildman–Crippen LogP) is 3.64. The molecule has 0 aliphatic heterocycles. The minimum absolute atomic E-state index is 0.584. The SMILES string of the molecule is [CH2]OCC=CCCc1ccc(Cl)cc1. The third-order valence-electron chi connectivity index (χ3n) is 1.89. The molecule has 1 aromatic rings. The van der Waals surface area contributed by atoms with Crippen LogP contribution in [0.1, 0.15) is 12.0 Å². The average molecular weight is 210 g/mol. The molecule has 0 atom stereocenters. The van der Waals surface area contributed by atoms with Gasteiger partial charge in [-0.1, -0.05) is 35.9 Å². The molecule has 1 rings (SSSR count). The third kappa shape index (κ3) is 4.45. The molecule has 0 spiro atoms. The van der Waals surface area contributed by atoms with Crippen LogP contribution in [0.4, 0.5) is 0 Å². The number of aryl methyl sites for hydroxylation is 1. The molecular weight excluding hydrogens is 196 g/mol. The van der Waals surface area contributed by atoms with Crippen LogP contribution >= 0.6 is 11.6 Å². The molecule has 0 aliphatic carbocycles. The first-order valence-electron chi connectivity index (χ1n) is 4.59. The summed E-state index contributed by atoms with van der Waals surface area (Å²) in [5.74, 6) is 0. The van der Waals surface area contributed by atoms with E-state index >= 15 is 0 Å². The van der Waals surface area contributed by atoms with Crippen molar-refractivity contribution in [2.75, 3.05) is 6.61 Å². The standard InChI is InChI=1S/C12H14ClO/c1-14-10-4-2-3-5-11-6-8-12(13)9-7-11/h2,4,6-9H,1,3,5,10H2. The smallest absolute Gasteiger partial charge is 0.0704 e. The second kappa shape index (κ2) is 6.63. The van der Waals surface area contributed by atoms with Crippen molar-refractivity contribution in [1.82, 2.24) is 0 Å². The highest BCUT2D eigenvalue weighted by Crippen LogP contribution is 2.10. The summed E-state index contributed by atoms with van der Waals surface area (Å²) in [5, 5.41) is 0.787. The molecule has 0 aliphatic rings. The number of halogens is 1. The monoisotopic (exact) mass is 209 g/mol. The van der Waals surface area contributed by atoms with Gasteiger partial charge in [0.1, 0.15) is 0 Å². The van der Waals surface area contributed by atoms with Crippen LogP contribution in [0.5, 0.6) is 0 Å². The van der Waals surface area contributed by atoms with Crippen molar-refractivity contribution in [3.05, 3.63) is 54.1 Å². The number of rotatable bonds is 5. The summed E-state index contributed by atoms with van der Waals surface area (Å²) >= 11 is 5.78. The van der Waals surface area contributed by atoms with Crippen LogP contribution < -0.4 is 0 Å². The summed E-state index contributed by atoms with van der Waals surface area (Å²) in [6, 6.07) is 7.93. The van der Waals surface area contributed by atoms with Crippen LogP contribution in [-0.4, -0.2) is 6.61 Å². The number of allylic oxidation sites excluding steroid dienone is 1. The Kier molecular flexibility index (Phi) is 5.35. The Labute approximate surface area is 90.3 Å². The van der Waals surface area contributed by atoms with Crippen LogP contribution in [0.3, 0.4) is 0 Å². The fraction of sp³-hybridized carbons (Fsp3) is 0.250. The number of hydrogen-bond donors (Lipinski definition) is 0. The van der Waals surface area contributed by atoms with Gasteiger partial charge in [0.15, 0.2) is 0 Å². The number of ether oxygens (including phenoxy) is 1.